The van der Waals surface area contributed by atoms with Crippen molar-refractivity contribution in [1.82, 2.24) is 9.61 Å². The van der Waals surface area contributed by atoms with Crippen molar-refractivity contribution >= 4 is 40.3 Å². The van der Waals surface area contributed by atoms with Gasteiger partial charge in [0.05, 0.1) is 29.6 Å². The van der Waals surface area contributed by atoms with Crippen molar-refractivity contribution < 1.29 is 19.5 Å². The molecule has 0 aliphatic carbocycles. The van der Waals surface area contributed by atoms with Crippen molar-refractivity contribution in [3.63, 3.8) is 0 Å². The van der Waals surface area contributed by atoms with Gasteiger partial charge in [-0.3, -0.25) is 10.0 Å². The predicted molar refractivity (Wildman–Crippen MR) is 97.6 cm³/mol. The van der Waals surface area contributed by atoms with Crippen LogP contribution in [0.4, 0.5) is 5.69 Å². The maximum atomic E-state index is 12.8. The van der Waals surface area contributed by atoms with Gasteiger partial charge in [-0.1, -0.05) is 37.0 Å². The molecule has 0 unspecified atom stereocenters. The highest BCUT2D eigenvalue weighted by atomic mass is 35.5. The first-order valence-electron chi connectivity index (χ1n) is 7.79. The van der Waals surface area contributed by atoms with Gasteiger partial charge in [0.25, 0.3) is 5.91 Å². The molecule has 3 aromatic rings. The number of nitrogens with one attached hydrogen (secondary N) is 1. The fourth-order valence-electron chi connectivity index (χ4n) is 2.51. The highest BCUT2D eigenvalue weighted by Gasteiger charge is 2.20. The van der Waals surface area contributed by atoms with Gasteiger partial charge in [0.2, 0.25) is 18.3 Å². The lowest BCUT2D eigenvalue weighted by Crippen LogP contribution is -2.29. The fourth-order valence-corrected chi connectivity index (χ4v) is 3.06. The summed E-state index contributed by atoms with van der Waals surface area (Å²) in [7, 11) is 1.54. The Bertz CT molecular complexity index is 978. The van der Waals surface area contributed by atoms with Crippen LogP contribution in [0.2, 0.25) is 10.0 Å². The van der Waals surface area contributed by atoms with Crippen molar-refractivity contribution in [2.45, 2.75) is 19.8 Å². The molecule has 26 heavy (non-hydrogen) atoms. The minimum atomic E-state index is -0.410. The summed E-state index contributed by atoms with van der Waals surface area (Å²) in [5, 5.41) is 16.8. The number of nitrogens with zero attached hydrogens (tertiary/aromatic N) is 3. The summed E-state index contributed by atoms with van der Waals surface area (Å²) in [6.07, 6.45) is 2.45. The molecule has 7 nitrogen and oxygen atoms in total. The van der Waals surface area contributed by atoms with Crippen molar-refractivity contribution in [2.24, 2.45) is 0 Å². The summed E-state index contributed by atoms with van der Waals surface area (Å²) in [6, 6.07) is 5.15. The molecule has 0 radical (unpaired) electrons. The molecule has 3 rings (SSSR count). The number of ether oxygens (including phenoxy) is 1. The Hall–Kier alpha value is -2.51. The molecule has 0 aliphatic heterocycles. The number of anilines is 1. The SMILES string of the molecule is COc1ccc(C(=O)Nc2c(Cl)c[n+](O)cc2Cl)c2cc(C(C)C)nn12. The van der Waals surface area contributed by atoms with Crippen LogP contribution in [0.25, 0.3) is 5.52 Å². The van der Waals surface area contributed by atoms with E-state index < -0.39 is 5.91 Å². The number of rotatable bonds is 4. The smallest absolute Gasteiger partial charge is 0.257 e. The molecule has 0 saturated heterocycles. The van der Waals surface area contributed by atoms with E-state index in [2.05, 4.69) is 10.4 Å². The van der Waals surface area contributed by atoms with Gasteiger partial charge in [-0.15, -0.1) is 0 Å². The largest absolute Gasteiger partial charge is 0.481 e. The van der Waals surface area contributed by atoms with Gasteiger partial charge in [0.1, 0.15) is 10.0 Å². The molecule has 9 heteroatoms. The first-order valence-corrected chi connectivity index (χ1v) is 8.55. The van der Waals surface area contributed by atoms with E-state index in [4.69, 9.17) is 27.9 Å². The van der Waals surface area contributed by atoms with E-state index in [1.807, 2.05) is 19.9 Å². The topological polar surface area (TPSA) is 79.7 Å². The number of halogens is 2. The maximum Gasteiger partial charge on any atom is 0.257 e. The van der Waals surface area contributed by atoms with Crippen LogP contribution in [0.5, 0.6) is 5.88 Å². The van der Waals surface area contributed by atoms with E-state index in [0.717, 1.165) is 10.4 Å². The number of methoxy groups -OCH3 is 1. The molecule has 0 aromatic carbocycles. The number of carbonyl (C=O) groups excluding carboxylic acids is 1. The van der Waals surface area contributed by atoms with Crippen molar-refractivity contribution in [3.05, 3.63) is 51.9 Å². The number of hydrogen-bond acceptors (Lipinski definition) is 4. The Morgan fingerprint density at radius 3 is 2.54 bits per heavy atom. The highest BCUT2D eigenvalue weighted by molar-refractivity contribution is 6.39. The average molecular weight is 396 g/mol. The first-order chi connectivity index (χ1) is 12.3. The highest BCUT2D eigenvalue weighted by Crippen LogP contribution is 2.30. The molecule has 3 aromatic heterocycles. The zero-order valence-electron chi connectivity index (χ0n) is 14.3. The zero-order valence-corrected chi connectivity index (χ0v) is 15.8. The lowest BCUT2D eigenvalue weighted by molar-refractivity contribution is -0.904. The molecule has 1 amide bonds. The predicted octanol–water partition coefficient (Wildman–Crippen LogP) is 3.55. The Morgan fingerprint density at radius 2 is 1.96 bits per heavy atom. The molecule has 136 valence electrons. The van der Waals surface area contributed by atoms with E-state index in [-0.39, 0.29) is 21.7 Å². The molecule has 0 saturated carbocycles. The summed E-state index contributed by atoms with van der Waals surface area (Å²) in [6.45, 7) is 4.03. The van der Waals surface area contributed by atoms with Crippen molar-refractivity contribution in [3.8, 4) is 5.88 Å². The summed E-state index contributed by atoms with van der Waals surface area (Å²) >= 11 is 12.1. The zero-order chi connectivity index (χ0) is 19.0. The number of pyridine rings is 2. The third kappa shape index (κ3) is 3.27. The summed E-state index contributed by atoms with van der Waals surface area (Å²) in [5.41, 5.74) is 2.03. The standard InChI is InChI=1S/C17H16Cl2N4O3/c1-9(2)13-6-14-10(4-5-15(26-3)23(14)21-13)17(24)20-16-11(18)7-22(25)8-12(16)19/h4-9,25H,1-3H3/p+1. The van der Waals surface area contributed by atoms with Crippen LogP contribution in [-0.4, -0.2) is 27.8 Å². The number of carbonyl (C=O) groups is 1. The number of amides is 1. The second-order valence-corrected chi connectivity index (χ2v) is 6.79. The summed E-state index contributed by atoms with van der Waals surface area (Å²) in [5.74, 6) is 0.293. The van der Waals surface area contributed by atoms with Crippen LogP contribution in [-0.2, 0) is 0 Å². The summed E-state index contributed by atoms with van der Waals surface area (Å²) < 4.78 is 7.62. The van der Waals surface area contributed by atoms with E-state index >= 15 is 0 Å². The molecule has 0 bridgehead atoms. The van der Waals surface area contributed by atoms with Gasteiger partial charge in [0.15, 0.2) is 0 Å². The summed E-state index contributed by atoms with van der Waals surface area (Å²) in [4.78, 5) is 12.8. The van der Waals surface area contributed by atoms with Crippen LogP contribution >= 0.6 is 23.2 Å². The third-order valence-corrected chi connectivity index (χ3v) is 4.43. The van der Waals surface area contributed by atoms with Crippen molar-refractivity contribution in [2.75, 3.05) is 12.4 Å². The lowest BCUT2D eigenvalue weighted by Gasteiger charge is -2.10. The second kappa shape index (κ2) is 7.01. The molecule has 3 heterocycles. The Labute approximate surface area is 159 Å². The molecule has 0 spiro atoms. The van der Waals surface area contributed by atoms with Crippen molar-refractivity contribution in [1.29, 1.82) is 0 Å². The van der Waals surface area contributed by atoms with Crippen LogP contribution in [0.15, 0.2) is 30.6 Å². The fraction of sp³-hybridized carbons (Fsp3) is 0.235. The minimum absolute atomic E-state index is 0.106. The molecule has 0 atom stereocenters. The molecular weight excluding hydrogens is 379 g/mol. The van der Waals surface area contributed by atoms with E-state index in [0.29, 0.717) is 17.0 Å². The van der Waals surface area contributed by atoms with Crippen LogP contribution in [0, 0.1) is 0 Å². The van der Waals surface area contributed by atoms with Gasteiger partial charge in [-0.25, -0.2) is 0 Å². The maximum absolute atomic E-state index is 12.8. The third-order valence-electron chi connectivity index (χ3n) is 3.86. The second-order valence-electron chi connectivity index (χ2n) is 5.97. The Balaban J connectivity index is 2.06. The number of aromatic nitrogens is 3. The molecule has 0 aliphatic rings. The Morgan fingerprint density at radius 1 is 1.31 bits per heavy atom. The molecular formula is C17H17Cl2N4O3+. The van der Waals surface area contributed by atoms with Crippen LogP contribution in [0.3, 0.4) is 0 Å². The van der Waals surface area contributed by atoms with E-state index in [1.165, 1.54) is 12.4 Å². The van der Waals surface area contributed by atoms with Gasteiger partial charge < -0.3 is 10.1 Å². The van der Waals surface area contributed by atoms with E-state index in [9.17, 15) is 10.0 Å². The number of hydrogen-bond donors (Lipinski definition) is 2. The first kappa shape index (κ1) is 18.3. The minimum Gasteiger partial charge on any atom is -0.481 e. The number of fused-ring (bicyclic) bond motifs is 1. The molecule has 2 N–H and O–H groups in total. The van der Waals surface area contributed by atoms with Gasteiger partial charge in [0, 0.05) is 10.8 Å². The normalized spacial score (nSPS) is 11.2. The quantitative estimate of drug-likeness (QED) is 0.522. The monoisotopic (exact) mass is 395 g/mol. The van der Waals surface area contributed by atoms with Gasteiger partial charge >= 0.3 is 0 Å². The van der Waals surface area contributed by atoms with Gasteiger partial charge in [-0.2, -0.15) is 9.61 Å². The van der Waals surface area contributed by atoms with Gasteiger partial charge in [-0.05, 0) is 18.1 Å². The average Bonchev–Trinajstić information content (AvgIpc) is 3.02. The van der Waals surface area contributed by atoms with E-state index in [1.54, 1.807) is 23.8 Å². The van der Waals surface area contributed by atoms with Crippen LogP contribution < -0.4 is 14.8 Å². The lowest BCUT2D eigenvalue weighted by atomic mass is 10.1. The molecule has 0 fully saturated rings. The Kier molecular flexibility index (Phi) is 4.93. The van der Waals surface area contributed by atoms with Crippen LogP contribution in [0.1, 0.15) is 35.8 Å².